The van der Waals surface area contributed by atoms with Gasteiger partial charge in [-0.15, -0.1) is 35.1 Å². The summed E-state index contributed by atoms with van der Waals surface area (Å²) < 4.78 is 64.6. The van der Waals surface area contributed by atoms with Crippen molar-refractivity contribution >= 4 is 104 Å². The fourth-order valence-corrected chi connectivity index (χ4v) is 15.1. The van der Waals surface area contributed by atoms with Gasteiger partial charge in [0.1, 0.15) is 28.1 Å². The number of amides is 4. The number of halogens is 1. The van der Waals surface area contributed by atoms with Gasteiger partial charge in [-0.05, 0) is 154 Å². The summed E-state index contributed by atoms with van der Waals surface area (Å²) in [5.74, 6) is 0.464. The number of fused-ring (bicyclic) bond motifs is 4. The van der Waals surface area contributed by atoms with Gasteiger partial charge in [-0.2, -0.15) is 6.92 Å². The van der Waals surface area contributed by atoms with Crippen LogP contribution in [0.1, 0.15) is 96.6 Å². The SMILES string of the molecule is CN1CCC[C@H]1COc1ccc(-c2ncc(CNC(=O)c3ccc4c(c3)NC(=O)c3ccccc3S4(=O)=O)s2)cc1.C[C-]=N[B]O.Cl.O=C(NCc1cnc(-c2ccc(OCC3CCCC3)cc2)s1)c1ccc2c(c1)NC(=O)c1ccccc1S2(=O)=O.[Na+]. The van der Waals surface area contributed by atoms with Gasteiger partial charge in [0.2, 0.25) is 19.7 Å². The minimum Gasteiger partial charge on any atom is -0.537 e. The van der Waals surface area contributed by atoms with E-state index in [1.54, 1.807) is 43.6 Å². The summed E-state index contributed by atoms with van der Waals surface area (Å²) in [4.78, 5) is 67.2. The van der Waals surface area contributed by atoms with Crippen LogP contribution in [0.15, 0.2) is 170 Å². The minimum atomic E-state index is -3.94. The van der Waals surface area contributed by atoms with Crippen molar-refractivity contribution in [1.82, 2.24) is 25.5 Å². The fourth-order valence-electron chi connectivity index (χ4n) is 10.2. The summed E-state index contributed by atoms with van der Waals surface area (Å²) >= 11 is 2.95. The average molecular weight is 1290 g/mol. The maximum atomic E-state index is 13.2. The Morgan fingerprint density at radius 2 is 1.11 bits per heavy atom. The number of carbonyl (C=O) groups excluding carboxylic acids is 4. The van der Waals surface area contributed by atoms with Gasteiger partial charge < -0.3 is 51.8 Å². The molecule has 6 aromatic carbocycles. The number of hydrogen-bond acceptors (Lipinski definition) is 17. The molecule has 1 aliphatic carbocycles. The molecule has 0 unspecified atom stereocenters. The summed E-state index contributed by atoms with van der Waals surface area (Å²) in [6.07, 6.45) is 13.2. The Morgan fingerprint density at radius 3 is 1.53 bits per heavy atom. The van der Waals surface area contributed by atoms with Crippen molar-refractivity contribution in [3.8, 4) is 32.6 Å². The zero-order chi connectivity index (χ0) is 60.4. The summed E-state index contributed by atoms with van der Waals surface area (Å²) in [5.41, 5.74) is 2.67. The molecule has 0 spiro atoms. The summed E-state index contributed by atoms with van der Waals surface area (Å²) in [5, 5.41) is 20.4. The third-order valence-corrected chi connectivity index (χ3v) is 20.7. The molecule has 26 heteroatoms. The van der Waals surface area contributed by atoms with Gasteiger partial charge in [-0.25, -0.2) is 26.8 Å². The van der Waals surface area contributed by atoms with Crippen molar-refractivity contribution in [3.63, 3.8) is 0 Å². The van der Waals surface area contributed by atoms with Gasteiger partial charge in [-0.1, -0.05) is 37.1 Å². The molecule has 1 saturated carbocycles. The molecule has 12 rings (SSSR count). The van der Waals surface area contributed by atoms with Crippen molar-refractivity contribution in [1.29, 1.82) is 0 Å². The molecule has 4 aliphatic rings. The molecular weight excluding hydrogens is 1230 g/mol. The van der Waals surface area contributed by atoms with E-state index in [0.717, 1.165) is 62.0 Å². The predicted molar refractivity (Wildman–Crippen MR) is 337 cm³/mol. The van der Waals surface area contributed by atoms with Crippen LogP contribution in [0.5, 0.6) is 11.5 Å². The maximum Gasteiger partial charge on any atom is 1.00 e. The number of hydrogen-bond donors (Lipinski definition) is 5. The van der Waals surface area contributed by atoms with E-state index in [0.29, 0.717) is 26.2 Å². The Morgan fingerprint density at radius 1 is 0.659 bits per heavy atom. The largest absolute Gasteiger partial charge is 1.00 e. The first-order valence-electron chi connectivity index (χ1n) is 27.6. The first kappa shape index (κ1) is 66.8. The first-order valence-corrected chi connectivity index (χ1v) is 32.2. The monoisotopic (exact) mass is 1290 g/mol. The molecule has 4 amide bonds. The molecule has 88 heavy (non-hydrogen) atoms. The Labute approximate surface area is 547 Å². The maximum absolute atomic E-state index is 13.2. The van der Waals surface area contributed by atoms with E-state index >= 15 is 0 Å². The average Bonchev–Trinajstić information content (AvgIpc) is 1.84. The molecule has 19 nitrogen and oxygen atoms in total. The van der Waals surface area contributed by atoms with Crippen LogP contribution in [0, 0.1) is 5.92 Å². The van der Waals surface area contributed by atoms with Crippen LogP contribution in [0.3, 0.4) is 0 Å². The molecule has 3 aliphatic heterocycles. The van der Waals surface area contributed by atoms with Gasteiger partial charge in [0.25, 0.3) is 23.6 Å². The van der Waals surface area contributed by atoms with Crippen molar-refractivity contribution in [3.05, 3.63) is 178 Å². The minimum absolute atomic E-state index is 0. The predicted octanol–water partition coefficient (Wildman–Crippen LogP) is 7.23. The number of carbonyl (C=O) groups is 4. The third kappa shape index (κ3) is 15.8. The van der Waals surface area contributed by atoms with Gasteiger partial charge in [0.05, 0.1) is 61.8 Å². The number of nitrogens with zero attached hydrogens (tertiary/aromatic N) is 4. The third-order valence-electron chi connectivity index (χ3n) is 14.8. The number of ether oxygens (including phenoxy) is 2. The van der Waals surface area contributed by atoms with E-state index in [4.69, 9.17) is 14.5 Å². The van der Waals surface area contributed by atoms with Crippen molar-refractivity contribution in [2.75, 3.05) is 37.4 Å². The zero-order valence-corrected chi connectivity index (χ0v) is 54.3. The second-order valence-electron chi connectivity index (χ2n) is 20.5. The molecule has 1 saturated heterocycles. The Kier molecular flexibility index (Phi) is 23.1. The number of nitrogens with one attached hydrogen (secondary N) is 4. The normalized spacial score (nSPS) is 16.0. The van der Waals surface area contributed by atoms with E-state index in [9.17, 15) is 36.0 Å². The van der Waals surface area contributed by atoms with Crippen LogP contribution in [-0.4, -0.2) is 107 Å². The van der Waals surface area contributed by atoms with Crippen LogP contribution in [0.2, 0.25) is 0 Å². The number of thiazole rings is 2. The fraction of sp³-hybridized carbons (Fsp3) is 0.242. The molecule has 449 valence electrons. The Hall–Kier alpha value is -7.10. The number of aromatic nitrogens is 2. The van der Waals surface area contributed by atoms with Crippen LogP contribution >= 0.6 is 35.1 Å². The molecular formula is C62H60BClN8NaO11S4. The summed E-state index contributed by atoms with van der Waals surface area (Å²) in [6.45, 7) is 4.67. The molecule has 0 bridgehead atoms. The smallest absolute Gasteiger partial charge is 0.537 e. The Balaban J connectivity index is 0.000000207. The molecule has 8 aromatic rings. The summed E-state index contributed by atoms with van der Waals surface area (Å²) in [7, 11) is -5.04. The van der Waals surface area contributed by atoms with Gasteiger partial charge in [0, 0.05) is 50.4 Å². The van der Waals surface area contributed by atoms with Gasteiger partial charge in [0.15, 0.2) is 0 Å². The topological polar surface area (TPSA) is 265 Å². The molecule has 5 heterocycles. The van der Waals surface area contributed by atoms with Crippen molar-refractivity contribution in [2.24, 2.45) is 10.8 Å². The Bertz CT molecular complexity index is 4070. The van der Waals surface area contributed by atoms with E-state index in [-0.39, 0.29) is 108 Å². The second-order valence-corrected chi connectivity index (χ2v) is 26.5. The first-order chi connectivity index (χ1) is 41.6. The van der Waals surface area contributed by atoms with Gasteiger partial charge >= 0.3 is 37.2 Å². The van der Waals surface area contributed by atoms with E-state index < -0.39 is 43.3 Å². The molecule has 1 radical (unpaired) electrons. The number of benzene rings is 6. The number of likely N-dealkylation sites (tertiary alicyclic amines) is 1. The van der Waals surface area contributed by atoms with Gasteiger partial charge in [-0.3, -0.25) is 19.2 Å². The van der Waals surface area contributed by atoms with Crippen LogP contribution in [0.25, 0.3) is 21.1 Å². The number of sulfone groups is 2. The quantitative estimate of drug-likeness (QED) is 0.0385. The van der Waals surface area contributed by atoms with E-state index in [1.807, 2.05) is 48.5 Å². The van der Waals surface area contributed by atoms with Crippen LogP contribution in [-0.2, 0) is 32.8 Å². The molecule has 2 aromatic heterocycles. The zero-order valence-electron chi connectivity index (χ0n) is 48.2. The summed E-state index contributed by atoms with van der Waals surface area (Å²) in [6, 6.07) is 36.7. The van der Waals surface area contributed by atoms with Crippen molar-refractivity contribution in [2.45, 2.75) is 84.2 Å². The number of anilines is 2. The number of likely N-dealkylation sites (N-methyl/N-ethyl adjacent to an activating group) is 1. The van der Waals surface area contributed by atoms with Crippen LogP contribution in [0.4, 0.5) is 11.4 Å². The molecule has 1 atom stereocenters. The number of rotatable bonds is 15. The van der Waals surface area contributed by atoms with Crippen molar-refractivity contribution < 1.29 is 80.1 Å². The standard InChI is InChI=1S/C30H28N4O5S2.C30H27N3O5S2.C2H4BNO.ClH.Na/c1-34-14-4-5-21(34)18-39-22-11-8-19(9-12-22)30-32-17-23(40-30)16-31-28(35)20-10-13-27-25(15-20)33-29(36)24-6-2-3-7-26(24)41(27,37)38;34-28(21-11-14-27-25(15-21)33-29(35)24-7-3-4-8-26(24)40(27,36)37)31-16-23-17-32-30(39-23)20-9-12-22(13-10-20)38-18-19-5-1-2-6-19;1-2-4-3-5;;/h2-3,6-13,15,17,21H,4-5,14,16,18H2,1H3,(H,31,35)(H,33,36);3-4,7-15,17,19H,1-2,5-6,16,18H2,(H,31,34)(H,33,35);5H,1H3;1H;/q;;-1;;+1/t21-;;;;/m0..../s1. The van der Waals surface area contributed by atoms with E-state index in [2.05, 4.69) is 54.3 Å². The van der Waals surface area contributed by atoms with Crippen LogP contribution < -0.4 is 60.3 Å². The molecule has 2 fully saturated rings. The molecule has 5 N–H and O–H groups in total. The van der Waals surface area contributed by atoms with E-state index in [1.165, 1.54) is 115 Å². The second kappa shape index (κ2) is 30.4.